The van der Waals surface area contributed by atoms with Crippen molar-refractivity contribution in [2.75, 3.05) is 6.61 Å². The van der Waals surface area contributed by atoms with Crippen LogP contribution in [0.2, 0.25) is 0 Å². The number of nitriles is 1. The summed E-state index contributed by atoms with van der Waals surface area (Å²) in [6.45, 7) is 4.04. The molecule has 0 N–H and O–H groups in total. The second-order valence-electron chi connectivity index (χ2n) is 5.96. The minimum Gasteiger partial charge on any atom is -0.463 e. The van der Waals surface area contributed by atoms with Gasteiger partial charge in [-0.2, -0.15) is 5.26 Å². The maximum Gasteiger partial charge on any atom is 0.335 e. The third-order valence-corrected chi connectivity index (χ3v) is 4.63. The molecule has 1 unspecified atom stereocenters. The van der Waals surface area contributed by atoms with Crippen LogP contribution in [0.15, 0.2) is 16.8 Å². The number of esters is 1. The van der Waals surface area contributed by atoms with E-state index in [2.05, 4.69) is 11.1 Å². The number of carbonyl (C=O) groups is 1. The number of hydrogen-bond acceptors (Lipinski definition) is 4. The van der Waals surface area contributed by atoms with Crippen LogP contribution in [0, 0.1) is 29.1 Å². The topological polar surface area (TPSA) is 62.4 Å². The average molecular weight is 288 g/mol. The van der Waals surface area contributed by atoms with E-state index in [9.17, 15) is 10.1 Å². The number of rotatable bonds is 3. The number of aliphatic imine (C=N–C) groups is 1. The van der Waals surface area contributed by atoms with Gasteiger partial charge in [-0.05, 0) is 32.6 Å². The number of carbonyl (C=O) groups excluding carboxylic acids is 1. The Morgan fingerprint density at radius 3 is 2.62 bits per heavy atom. The van der Waals surface area contributed by atoms with E-state index in [0.717, 1.165) is 18.6 Å². The molecule has 2 atom stereocenters. The van der Waals surface area contributed by atoms with Gasteiger partial charge in [-0.15, -0.1) is 0 Å². The van der Waals surface area contributed by atoms with Gasteiger partial charge in [0, 0.05) is 17.8 Å². The Morgan fingerprint density at radius 2 is 2.05 bits per heavy atom. The lowest BCUT2D eigenvalue weighted by molar-refractivity contribution is -0.139. The molecule has 0 radical (unpaired) electrons. The Hall–Kier alpha value is -1.63. The molecule has 2 rings (SSSR count). The van der Waals surface area contributed by atoms with Gasteiger partial charge < -0.3 is 4.74 Å². The van der Waals surface area contributed by atoms with Gasteiger partial charge in [0.15, 0.2) is 0 Å². The van der Waals surface area contributed by atoms with Crippen molar-refractivity contribution >= 4 is 11.7 Å². The fourth-order valence-electron chi connectivity index (χ4n) is 3.55. The number of hydrogen-bond donors (Lipinski definition) is 0. The van der Waals surface area contributed by atoms with Gasteiger partial charge in [0.2, 0.25) is 0 Å². The smallest absolute Gasteiger partial charge is 0.335 e. The number of nitrogens with zero attached hydrogens (tertiary/aromatic N) is 2. The lowest BCUT2D eigenvalue weighted by atomic mass is 9.71. The Balaban J connectivity index is 2.30. The molecule has 21 heavy (non-hydrogen) atoms. The molecule has 0 amide bonds. The summed E-state index contributed by atoms with van der Waals surface area (Å²) >= 11 is 0. The zero-order chi connectivity index (χ0) is 15.2. The highest BCUT2D eigenvalue weighted by atomic mass is 16.5. The molecule has 114 valence electrons. The molecule has 0 spiro atoms. The normalized spacial score (nSPS) is 27.1. The van der Waals surface area contributed by atoms with Crippen LogP contribution in [-0.2, 0) is 9.53 Å². The lowest BCUT2D eigenvalue weighted by Gasteiger charge is -2.32. The van der Waals surface area contributed by atoms with Crippen LogP contribution >= 0.6 is 0 Å². The van der Waals surface area contributed by atoms with Crippen molar-refractivity contribution in [2.24, 2.45) is 22.7 Å². The fraction of sp³-hybridized carbons (Fsp3) is 0.706. The van der Waals surface area contributed by atoms with Crippen LogP contribution in [0.4, 0.5) is 0 Å². The Morgan fingerprint density at radius 1 is 1.38 bits per heavy atom. The molecule has 4 nitrogen and oxygen atoms in total. The zero-order valence-electron chi connectivity index (χ0n) is 13.0. The van der Waals surface area contributed by atoms with Crippen molar-refractivity contribution in [1.82, 2.24) is 0 Å². The van der Waals surface area contributed by atoms with Gasteiger partial charge in [-0.1, -0.05) is 25.7 Å². The van der Waals surface area contributed by atoms with Gasteiger partial charge in [0.25, 0.3) is 0 Å². The maximum atomic E-state index is 12.2. The van der Waals surface area contributed by atoms with Crippen LogP contribution in [0.5, 0.6) is 0 Å². The van der Waals surface area contributed by atoms with Crippen molar-refractivity contribution in [1.29, 1.82) is 5.26 Å². The van der Waals surface area contributed by atoms with Crippen molar-refractivity contribution in [3.8, 4) is 6.07 Å². The molecule has 1 fully saturated rings. The van der Waals surface area contributed by atoms with Crippen LogP contribution in [0.1, 0.15) is 52.4 Å². The predicted molar refractivity (Wildman–Crippen MR) is 81.6 cm³/mol. The minimum atomic E-state index is -0.303. The molecule has 0 aromatic carbocycles. The van der Waals surface area contributed by atoms with Gasteiger partial charge >= 0.3 is 5.97 Å². The van der Waals surface area contributed by atoms with E-state index in [1.165, 1.54) is 25.7 Å². The Kier molecular flexibility index (Phi) is 5.55. The second kappa shape index (κ2) is 7.40. The molecule has 0 aromatic heterocycles. The van der Waals surface area contributed by atoms with E-state index < -0.39 is 0 Å². The van der Waals surface area contributed by atoms with Crippen molar-refractivity contribution in [2.45, 2.75) is 52.4 Å². The monoisotopic (exact) mass is 288 g/mol. The summed E-state index contributed by atoms with van der Waals surface area (Å²) in [4.78, 5) is 16.5. The highest BCUT2D eigenvalue weighted by molar-refractivity contribution is 5.95. The maximum absolute atomic E-state index is 12.2. The molecular weight excluding hydrogens is 264 g/mol. The first-order chi connectivity index (χ1) is 10.2. The minimum absolute atomic E-state index is 0.0513. The molecule has 0 aromatic rings. The SMILES string of the molecule is CCOC(=O)C1=CN=C(C)C(C#N)[C@H]1C1CCCCCC1. The summed E-state index contributed by atoms with van der Waals surface area (Å²) in [5.74, 6) is -0.261. The lowest BCUT2D eigenvalue weighted by Crippen LogP contribution is -2.34. The summed E-state index contributed by atoms with van der Waals surface area (Å²) in [5, 5.41) is 9.55. The highest BCUT2D eigenvalue weighted by Crippen LogP contribution is 2.40. The van der Waals surface area contributed by atoms with E-state index in [4.69, 9.17) is 4.74 Å². The second-order valence-corrected chi connectivity index (χ2v) is 5.96. The number of ether oxygens (including phenoxy) is 1. The third-order valence-electron chi connectivity index (χ3n) is 4.63. The average Bonchev–Trinajstić information content (AvgIpc) is 2.75. The molecule has 0 saturated heterocycles. The first-order valence-corrected chi connectivity index (χ1v) is 8.00. The molecule has 2 aliphatic rings. The van der Waals surface area contributed by atoms with Crippen LogP contribution < -0.4 is 0 Å². The molecule has 1 aliphatic carbocycles. The largest absolute Gasteiger partial charge is 0.463 e. The van der Waals surface area contributed by atoms with E-state index in [-0.39, 0.29) is 17.8 Å². The summed E-state index contributed by atoms with van der Waals surface area (Å²) in [6, 6.07) is 2.37. The van der Waals surface area contributed by atoms with Gasteiger partial charge in [0.05, 0.1) is 24.2 Å². The third kappa shape index (κ3) is 3.53. The summed E-state index contributed by atoms with van der Waals surface area (Å²) in [5.41, 5.74) is 1.42. The molecule has 1 aliphatic heterocycles. The standard InChI is InChI=1S/C17H24N2O2/c1-3-21-17(20)15-11-19-12(2)14(10-18)16(15)13-8-6-4-5-7-9-13/h11,13-14,16H,3-9H2,1-2H3/t14?,16-/m1/s1. The van der Waals surface area contributed by atoms with Crippen molar-refractivity contribution in [3.05, 3.63) is 11.8 Å². The highest BCUT2D eigenvalue weighted by Gasteiger charge is 2.39. The summed E-state index contributed by atoms with van der Waals surface area (Å²) < 4.78 is 5.18. The predicted octanol–water partition coefficient (Wildman–Crippen LogP) is 3.63. The van der Waals surface area contributed by atoms with Crippen molar-refractivity contribution in [3.63, 3.8) is 0 Å². The van der Waals surface area contributed by atoms with Crippen molar-refractivity contribution < 1.29 is 9.53 Å². The molecular formula is C17H24N2O2. The quantitative estimate of drug-likeness (QED) is 0.588. The molecule has 1 heterocycles. The van der Waals surface area contributed by atoms with Crippen LogP contribution in [0.3, 0.4) is 0 Å². The molecule has 0 bridgehead atoms. The van der Waals surface area contributed by atoms with Gasteiger partial charge in [-0.25, -0.2) is 4.79 Å². The van der Waals surface area contributed by atoms with E-state index in [1.807, 2.05) is 6.92 Å². The molecule has 4 heteroatoms. The fourth-order valence-corrected chi connectivity index (χ4v) is 3.55. The van der Waals surface area contributed by atoms with E-state index >= 15 is 0 Å². The first kappa shape index (κ1) is 15.8. The van der Waals surface area contributed by atoms with E-state index in [1.54, 1.807) is 13.1 Å². The van der Waals surface area contributed by atoms with Gasteiger partial charge in [0.1, 0.15) is 0 Å². The molecule has 1 saturated carbocycles. The van der Waals surface area contributed by atoms with E-state index in [0.29, 0.717) is 18.1 Å². The summed E-state index contributed by atoms with van der Waals surface area (Å²) in [7, 11) is 0. The first-order valence-electron chi connectivity index (χ1n) is 8.00. The Labute approximate surface area is 126 Å². The summed E-state index contributed by atoms with van der Waals surface area (Å²) in [6.07, 6.45) is 8.70. The van der Waals surface area contributed by atoms with Crippen LogP contribution in [0.25, 0.3) is 0 Å². The van der Waals surface area contributed by atoms with Crippen LogP contribution in [-0.4, -0.2) is 18.3 Å². The zero-order valence-corrected chi connectivity index (χ0v) is 13.0. The Bertz CT molecular complexity index is 480. The van der Waals surface area contributed by atoms with Gasteiger partial charge in [-0.3, -0.25) is 4.99 Å².